The summed E-state index contributed by atoms with van der Waals surface area (Å²) in [6.45, 7) is 7.49. The number of aliphatic imine (C=N–C) groups is 1. The van der Waals surface area contributed by atoms with Gasteiger partial charge in [0, 0.05) is 10.8 Å². The lowest BCUT2D eigenvalue weighted by molar-refractivity contribution is 0.354. The lowest BCUT2D eigenvalue weighted by Crippen LogP contribution is -2.31. The van der Waals surface area contributed by atoms with Crippen molar-refractivity contribution in [3.63, 3.8) is 0 Å². The Kier molecular flexibility index (Phi) is 6.25. The number of thiazole rings is 1. The Bertz CT molecular complexity index is 735. The highest BCUT2D eigenvalue weighted by Gasteiger charge is 2.17. The van der Waals surface area contributed by atoms with Crippen molar-refractivity contribution in [2.45, 2.75) is 39.3 Å². The summed E-state index contributed by atoms with van der Waals surface area (Å²) in [6.07, 6.45) is 0. The summed E-state index contributed by atoms with van der Waals surface area (Å²) in [7, 11) is 3.22. The van der Waals surface area contributed by atoms with Crippen LogP contribution in [0.2, 0.25) is 0 Å². The molecule has 0 fully saturated rings. The molecule has 2 aromatic rings. The Morgan fingerprint density at radius 2 is 1.96 bits per heavy atom. The Morgan fingerprint density at radius 3 is 2.56 bits per heavy atom. The number of aromatic nitrogens is 1. The lowest BCUT2D eigenvalue weighted by atomic mass is 9.93. The molecular formula is C18H26N4O2S. The van der Waals surface area contributed by atoms with Crippen molar-refractivity contribution in [2.24, 2.45) is 10.7 Å². The average Bonchev–Trinajstić information content (AvgIpc) is 3.07. The largest absolute Gasteiger partial charge is 0.493 e. The number of hydrogen-bond donors (Lipinski definition) is 2. The van der Waals surface area contributed by atoms with Crippen molar-refractivity contribution in [2.75, 3.05) is 14.2 Å². The van der Waals surface area contributed by atoms with Gasteiger partial charge in [-0.15, -0.1) is 11.3 Å². The fourth-order valence-electron chi connectivity index (χ4n) is 2.11. The van der Waals surface area contributed by atoms with Crippen LogP contribution in [-0.2, 0) is 18.5 Å². The third-order valence-corrected chi connectivity index (χ3v) is 4.47. The van der Waals surface area contributed by atoms with Gasteiger partial charge in [-0.1, -0.05) is 26.8 Å². The molecule has 0 amide bonds. The van der Waals surface area contributed by atoms with Crippen LogP contribution in [0.3, 0.4) is 0 Å². The maximum Gasteiger partial charge on any atom is 0.189 e. The molecule has 7 heteroatoms. The summed E-state index contributed by atoms with van der Waals surface area (Å²) < 4.78 is 10.5. The van der Waals surface area contributed by atoms with E-state index in [0.29, 0.717) is 30.5 Å². The maximum absolute atomic E-state index is 5.95. The van der Waals surface area contributed by atoms with Crippen molar-refractivity contribution in [3.05, 3.63) is 39.8 Å². The number of guanidine groups is 1. The maximum atomic E-state index is 5.95. The number of ether oxygens (including phenoxy) is 2. The highest BCUT2D eigenvalue weighted by molar-refractivity contribution is 7.09. The number of rotatable bonds is 6. The van der Waals surface area contributed by atoms with Crippen LogP contribution in [0.5, 0.6) is 11.5 Å². The van der Waals surface area contributed by atoms with E-state index in [1.54, 1.807) is 25.6 Å². The van der Waals surface area contributed by atoms with Gasteiger partial charge in [-0.25, -0.2) is 9.98 Å². The second-order valence-corrected chi connectivity index (χ2v) is 7.56. The van der Waals surface area contributed by atoms with Crippen LogP contribution in [-0.4, -0.2) is 25.2 Å². The van der Waals surface area contributed by atoms with Gasteiger partial charge in [0.25, 0.3) is 0 Å². The van der Waals surface area contributed by atoms with Crippen molar-refractivity contribution in [3.8, 4) is 11.5 Å². The molecule has 136 valence electrons. The first kappa shape index (κ1) is 19.1. The summed E-state index contributed by atoms with van der Waals surface area (Å²) in [5, 5.41) is 6.19. The predicted octanol–water partition coefficient (Wildman–Crippen LogP) is 3.06. The minimum Gasteiger partial charge on any atom is -0.493 e. The van der Waals surface area contributed by atoms with E-state index in [1.165, 1.54) is 0 Å². The molecule has 1 heterocycles. The molecule has 0 bridgehead atoms. The molecule has 6 nitrogen and oxygen atoms in total. The average molecular weight is 362 g/mol. The minimum absolute atomic E-state index is 0.0573. The van der Waals surface area contributed by atoms with Gasteiger partial charge in [-0.05, 0) is 17.7 Å². The monoisotopic (exact) mass is 362 g/mol. The Morgan fingerprint density at radius 1 is 1.24 bits per heavy atom. The van der Waals surface area contributed by atoms with E-state index >= 15 is 0 Å². The normalized spacial score (nSPS) is 12.1. The second kappa shape index (κ2) is 8.20. The molecule has 0 spiro atoms. The smallest absolute Gasteiger partial charge is 0.189 e. The van der Waals surface area contributed by atoms with Gasteiger partial charge >= 0.3 is 0 Å². The van der Waals surface area contributed by atoms with Gasteiger partial charge in [0.2, 0.25) is 0 Å². The van der Waals surface area contributed by atoms with Crippen LogP contribution < -0.4 is 20.5 Å². The van der Waals surface area contributed by atoms with E-state index in [4.69, 9.17) is 15.2 Å². The molecule has 1 aromatic heterocycles. The number of nitrogens with two attached hydrogens (primary N) is 1. The van der Waals surface area contributed by atoms with Crippen LogP contribution in [0.25, 0.3) is 0 Å². The number of methoxy groups -OCH3 is 2. The van der Waals surface area contributed by atoms with Gasteiger partial charge in [0.1, 0.15) is 5.01 Å². The second-order valence-electron chi connectivity index (χ2n) is 6.62. The quantitative estimate of drug-likeness (QED) is 0.610. The van der Waals surface area contributed by atoms with Gasteiger partial charge in [0.15, 0.2) is 17.5 Å². The van der Waals surface area contributed by atoms with E-state index in [1.807, 2.05) is 18.2 Å². The van der Waals surface area contributed by atoms with Crippen LogP contribution in [0, 0.1) is 0 Å². The third kappa shape index (κ3) is 5.35. The van der Waals surface area contributed by atoms with Crippen LogP contribution in [0.15, 0.2) is 28.6 Å². The van der Waals surface area contributed by atoms with Crippen molar-refractivity contribution >= 4 is 17.3 Å². The van der Waals surface area contributed by atoms with Crippen molar-refractivity contribution in [1.82, 2.24) is 10.3 Å². The van der Waals surface area contributed by atoms with Gasteiger partial charge in [-0.2, -0.15) is 0 Å². The summed E-state index contributed by atoms with van der Waals surface area (Å²) in [5.41, 5.74) is 8.09. The predicted molar refractivity (Wildman–Crippen MR) is 103 cm³/mol. The summed E-state index contributed by atoms with van der Waals surface area (Å²) in [6, 6.07) is 5.69. The van der Waals surface area contributed by atoms with Gasteiger partial charge in [0.05, 0.1) is 33.0 Å². The fraction of sp³-hybridized carbons (Fsp3) is 0.444. The molecule has 0 aliphatic carbocycles. The van der Waals surface area contributed by atoms with E-state index < -0.39 is 0 Å². The topological polar surface area (TPSA) is 81.8 Å². The zero-order chi connectivity index (χ0) is 18.4. The Labute approximate surface area is 153 Å². The fourth-order valence-corrected chi connectivity index (χ4v) is 3.07. The molecular weight excluding hydrogens is 336 g/mol. The first-order chi connectivity index (χ1) is 11.8. The van der Waals surface area contributed by atoms with Crippen LogP contribution >= 0.6 is 11.3 Å². The summed E-state index contributed by atoms with van der Waals surface area (Å²) in [5.74, 6) is 1.77. The van der Waals surface area contributed by atoms with E-state index in [2.05, 4.69) is 41.4 Å². The first-order valence-corrected chi connectivity index (χ1v) is 8.91. The van der Waals surface area contributed by atoms with Crippen molar-refractivity contribution < 1.29 is 9.47 Å². The first-order valence-electron chi connectivity index (χ1n) is 8.03. The standard InChI is InChI=1S/C18H26N4O2S/c1-18(2,3)15-11-25-16(22-15)10-21-17(19)20-9-12-6-7-13(23-4)14(8-12)24-5/h6-8,11H,9-10H2,1-5H3,(H3,19,20,21). The highest BCUT2D eigenvalue weighted by atomic mass is 32.1. The summed E-state index contributed by atoms with van der Waals surface area (Å²) in [4.78, 5) is 8.99. The van der Waals surface area contributed by atoms with Crippen LogP contribution in [0.4, 0.5) is 0 Å². The SMILES string of the molecule is COc1ccc(CN=C(N)NCc2nc(C(C)(C)C)cs2)cc1OC. The molecule has 0 saturated carbocycles. The molecule has 0 saturated heterocycles. The number of hydrogen-bond acceptors (Lipinski definition) is 5. The molecule has 0 atom stereocenters. The van der Waals surface area contributed by atoms with E-state index in [0.717, 1.165) is 16.3 Å². The molecule has 2 rings (SSSR count). The van der Waals surface area contributed by atoms with Gasteiger partial charge < -0.3 is 20.5 Å². The number of benzene rings is 1. The molecule has 0 aliphatic heterocycles. The molecule has 0 aliphatic rings. The Hall–Kier alpha value is -2.28. The third-order valence-electron chi connectivity index (χ3n) is 3.62. The number of nitrogens with one attached hydrogen (secondary N) is 1. The molecule has 3 N–H and O–H groups in total. The molecule has 0 radical (unpaired) electrons. The minimum atomic E-state index is 0.0573. The lowest BCUT2D eigenvalue weighted by Gasteiger charge is -2.14. The van der Waals surface area contributed by atoms with E-state index in [-0.39, 0.29) is 5.41 Å². The van der Waals surface area contributed by atoms with Gasteiger partial charge in [-0.3, -0.25) is 0 Å². The number of nitrogens with zero attached hydrogens (tertiary/aromatic N) is 2. The Balaban J connectivity index is 1.92. The molecule has 25 heavy (non-hydrogen) atoms. The zero-order valence-electron chi connectivity index (χ0n) is 15.4. The van der Waals surface area contributed by atoms with E-state index in [9.17, 15) is 0 Å². The zero-order valence-corrected chi connectivity index (χ0v) is 16.2. The summed E-state index contributed by atoms with van der Waals surface area (Å²) >= 11 is 1.63. The highest BCUT2D eigenvalue weighted by Crippen LogP contribution is 2.27. The molecule has 0 unspecified atom stereocenters. The molecule has 1 aromatic carbocycles. The van der Waals surface area contributed by atoms with Crippen LogP contribution in [0.1, 0.15) is 37.0 Å². The van der Waals surface area contributed by atoms with Crippen molar-refractivity contribution in [1.29, 1.82) is 0 Å².